The summed E-state index contributed by atoms with van der Waals surface area (Å²) in [6, 6.07) is 13.6. The first-order chi connectivity index (χ1) is 13.3. The van der Waals surface area contributed by atoms with Gasteiger partial charge in [0.25, 0.3) is 0 Å². The molecule has 1 atom stereocenters. The Bertz CT molecular complexity index is 908. The molecule has 0 saturated heterocycles. The summed E-state index contributed by atoms with van der Waals surface area (Å²) in [6.45, 7) is 2.69. The van der Waals surface area contributed by atoms with Crippen molar-refractivity contribution >= 4 is 39.8 Å². The first kappa shape index (κ1) is 25.2. The number of aliphatic imine (C=N–C) groups is 1. The second kappa shape index (κ2) is 12.0. The van der Waals surface area contributed by atoms with E-state index in [1.54, 1.807) is 7.05 Å². The molecule has 6 nitrogen and oxygen atoms in total. The Balaban J connectivity index is 0.00000420. The zero-order valence-corrected chi connectivity index (χ0v) is 19.8. The monoisotopic (exact) mass is 535 g/mol. The van der Waals surface area contributed by atoms with E-state index in [2.05, 4.69) is 15.6 Å². The van der Waals surface area contributed by atoms with E-state index < -0.39 is 15.7 Å². The average molecular weight is 535 g/mol. The van der Waals surface area contributed by atoms with Gasteiger partial charge in [0, 0.05) is 19.8 Å². The lowest BCUT2D eigenvalue weighted by Gasteiger charge is -2.18. The molecule has 0 heterocycles. The first-order valence-corrected chi connectivity index (χ1v) is 10.9. The number of nitrogens with one attached hydrogen (secondary N) is 2. The first-order valence-electron chi connectivity index (χ1n) is 8.88. The van der Waals surface area contributed by atoms with Crippen LogP contribution < -0.4 is 15.4 Å². The number of hydrogen-bond donors (Lipinski definition) is 2. The molecule has 2 N–H and O–H groups in total. The molecule has 160 valence electrons. The van der Waals surface area contributed by atoms with Gasteiger partial charge in [-0.3, -0.25) is 4.99 Å². The molecule has 0 aliphatic rings. The Morgan fingerprint density at radius 1 is 1.14 bits per heavy atom. The quantitative estimate of drug-likeness (QED) is 0.309. The van der Waals surface area contributed by atoms with E-state index in [0.717, 1.165) is 12.0 Å². The summed E-state index contributed by atoms with van der Waals surface area (Å²) < 4.78 is 42.6. The summed E-state index contributed by atoms with van der Waals surface area (Å²) in [5, 5.41) is 6.22. The SMILES string of the molecule is CN=C(NCc1cc(F)ccc1CS(C)(=O)=O)NCC(C)Oc1ccccc1.I. The van der Waals surface area contributed by atoms with Gasteiger partial charge in [0.05, 0.1) is 12.3 Å². The summed E-state index contributed by atoms with van der Waals surface area (Å²) >= 11 is 0. The number of hydrogen-bond acceptors (Lipinski definition) is 4. The summed E-state index contributed by atoms with van der Waals surface area (Å²) in [6.07, 6.45) is 1.05. The highest BCUT2D eigenvalue weighted by Gasteiger charge is 2.12. The predicted octanol–water partition coefficient (Wildman–Crippen LogP) is 3.12. The molecule has 9 heteroatoms. The standard InChI is InChI=1S/C20H26FN3O3S.HI/c1-15(27-19-7-5-4-6-8-19)12-23-20(22-2)24-13-17-11-18(21)10-9-16(17)14-28(3,25)26;/h4-11,15H,12-14H2,1-3H3,(H2,22,23,24);1H. The van der Waals surface area contributed by atoms with Crippen LogP contribution in [0.25, 0.3) is 0 Å². The zero-order valence-electron chi connectivity index (χ0n) is 16.7. The van der Waals surface area contributed by atoms with Crippen molar-refractivity contribution in [2.45, 2.75) is 25.3 Å². The lowest BCUT2D eigenvalue weighted by molar-refractivity contribution is 0.224. The third-order valence-corrected chi connectivity index (χ3v) is 4.73. The Morgan fingerprint density at radius 3 is 2.45 bits per heavy atom. The molecule has 0 aliphatic heterocycles. The number of ether oxygens (including phenoxy) is 1. The molecule has 0 bridgehead atoms. The second-order valence-electron chi connectivity index (χ2n) is 6.53. The molecule has 1 unspecified atom stereocenters. The van der Waals surface area contributed by atoms with Crippen molar-refractivity contribution in [2.24, 2.45) is 4.99 Å². The van der Waals surface area contributed by atoms with Crippen LogP contribution in [0.2, 0.25) is 0 Å². The van der Waals surface area contributed by atoms with Gasteiger partial charge in [-0.25, -0.2) is 12.8 Å². The third-order valence-electron chi connectivity index (χ3n) is 3.89. The normalized spacial score (nSPS) is 12.6. The number of halogens is 2. The molecule has 0 fully saturated rings. The number of sulfone groups is 1. The summed E-state index contributed by atoms with van der Waals surface area (Å²) in [5.41, 5.74) is 1.13. The smallest absolute Gasteiger partial charge is 0.191 e. The molecule has 0 radical (unpaired) electrons. The van der Waals surface area contributed by atoms with Crippen molar-refractivity contribution in [1.29, 1.82) is 0 Å². The molecule has 29 heavy (non-hydrogen) atoms. The highest BCUT2D eigenvalue weighted by Crippen LogP contribution is 2.14. The fourth-order valence-corrected chi connectivity index (χ4v) is 3.44. The number of nitrogens with zero attached hydrogens (tertiary/aromatic N) is 1. The van der Waals surface area contributed by atoms with Crippen LogP contribution in [-0.4, -0.2) is 40.3 Å². The maximum atomic E-state index is 13.6. The van der Waals surface area contributed by atoms with Crippen LogP contribution in [0.4, 0.5) is 4.39 Å². The third kappa shape index (κ3) is 9.44. The number of guanidine groups is 1. The Labute approximate surface area is 188 Å². The van der Waals surface area contributed by atoms with E-state index >= 15 is 0 Å². The van der Waals surface area contributed by atoms with E-state index in [-0.39, 0.29) is 42.4 Å². The lowest BCUT2D eigenvalue weighted by Crippen LogP contribution is -2.41. The highest BCUT2D eigenvalue weighted by atomic mass is 127. The van der Waals surface area contributed by atoms with Crippen molar-refractivity contribution in [3.63, 3.8) is 0 Å². The van der Waals surface area contributed by atoms with Crippen LogP contribution in [-0.2, 0) is 22.1 Å². The van der Waals surface area contributed by atoms with Gasteiger partial charge in [-0.15, -0.1) is 24.0 Å². The van der Waals surface area contributed by atoms with Crippen molar-refractivity contribution in [3.05, 3.63) is 65.5 Å². The average Bonchev–Trinajstić information content (AvgIpc) is 2.63. The molecular weight excluding hydrogens is 508 g/mol. The van der Waals surface area contributed by atoms with Crippen LogP contribution in [0.15, 0.2) is 53.5 Å². The molecular formula is C20H27FIN3O3S. The van der Waals surface area contributed by atoms with E-state index in [4.69, 9.17) is 4.74 Å². The van der Waals surface area contributed by atoms with Crippen LogP contribution in [0.5, 0.6) is 5.75 Å². The van der Waals surface area contributed by atoms with Gasteiger partial charge >= 0.3 is 0 Å². The van der Waals surface area contributed by atoms with Gasteiger partial charge in [0.2, 0.25) is 0 Å². The predicted molar refractivity (Wildman–Crippen MR) is 125 cm³/mol. The van der Waals surface area contributed by atoms with Crippen LogP contribution >= 0.6 is 24.0 Å². The van der Waals surface area contributed by atoms with Crippen molar-refractivity contribution in [2.75, 3.05) is 19.8 Å². The van der Waals surface area contributed by atoms with E-state index in [9.17, 15) is 12.8 Å². The Kier molecular flexibility index (Phi) is 10.4. The molecule has 0 aliphatic carbocycles. The van der Waals surface area contributed by atoms with Crippen molar-refractivity contribution in [3.8, 4) is 5.75 Å². The van der Waals surface area contributed by atoms with Crippen LogP contribution in [0.3, 0.4) is 0 Å². The maximum absolute atomic E-state index is 13.6. The fraction of sp³-hybridized carbons (Fsp3) is 0.350. The molecule has 0 saturated carbocycles. The molecule has 0 aromatic heterocycles. The number of rotatable bonds is 8. The van der Waals surface area contributed by atoms with E-state index in [1.165, 1.54) is 18.2 Å². The minimum absolute atomic E-state index is 0. The number of para-hydroxylation sites is 1. The van der Waals surface area contributed by atoms with Crippen LogP contribution in [0.1, 0.15) is 18.1 Å². The maximum Gasteiger partial charge on any atom is 0.191 e. The Hall–Kier alpha value is -1.88. The topological polar surface area (TPSA) is 79.8 Å². The summed E-state index contributed by atoms with van der Waals surface area (Å²) in [7, 11) is -1.59. The molecule has 2 aromatic carbocycles. The molecule has 0 spiro atoms. The van der Waals surface area contributed by atoms with Gasteiger partial charge in [0.15, 0.2) is 15.8 Å². The molecule has 2 aromatic rings. The lowest BCUT2D eigenvalue weighted by atomic mass is 10.1. The Morgan fingerprint density at radius 2 is 1.83 bits per heavy atom. The molecule has 2 rings (SSSR count). The van der Waals surface area contributed by atoms with Gasteiger partial charge in [0.1, 0.15) is 17.7 Å². The van der Waals surface area contributed by atoms with Crippen LogP contribution in [0, 0.1) is 5.82 Å². The largest absolute Gasteiger partial charge is 0.489 e. The minimum atomic E-state index is -3.22. The molecule has 0 amide bonds. The summed E-state index contributed by atoms with van der Waals surface area (Å²) in [5.74, 6) is 0.739. The van der Waals surface area contributed by atoms with Gasteiger partial charge in [-0.2, -0.15) is 0 Å². The second-order valence-corrected chi connectivity index (χ2v) is 8.67. The zero-order chi connectivity index (χ0) is 20.6. The minimum Gasteiger partial charge on any atom is -0.489 e. The fourth-order valence-electron chi connectivity index (χ4n) is 2.60. The van der Waals surface area contributed by atoms with Gasteiger partial charge < -0.3 is 15.4 Å². The van der Waals surface area contributed by atoms with E-state index in [1.807, 2.05) is 37.3 Å². The van der Waals surface area contributed by atoms with E-state index in [0.29, 0.717) is 23.6 Å². The van der Waals surface area contributed by atoms with Crippen molar-refractivity contribution in [1.82, 2.24) is 10.6 Å². The number of benzene rings is 2. The highest BCUT2D eigenvalue weighted by molar-refractivity contribution is 14.0. The van der Waals surface area contributed by atoms with Gasteiger partial charge in [-0.05, 0) is 42.3 Å². The van der Waals surface area contributed by atoms with Gasteiger partial charge in [-0.1, -0.05) is 24.3 Å². The van der Waals surface area contributed by atoms with Crippen molar-refractivity contribution < 1.29 is 17.5 Å². The summed E-state index contributed by atoms with van der Waals surface area (Å²) in [4.78, 5) is 4.14.